The zero-order valence-corrected chi connectivity index (χ0v) is 6.53. The minimum absolute atomic E-state index is 0.0704. The summed E-state index contributed by atoms with van der Waals surface area (Å²) in [4.78, 5) is 30.7. The number of nitrogens with one attached hydrogen (secondary N) is 1. The highest BCUT2D eigenvalue weighted by atomic mass is 16.4. The first-order valence-corrected chi connectivity index (χ1v) is 3.25. The number of hydrogen-bond acceptors (Lipinski definition) is 3. The summed E-state index contributed by atoms with van der Waals surface area (Å²) in [6, 6.07) is -0.550. The van der Waals surface area contributed by atoms with Crippen molar-refractivity contribution in [2.24, 2.45) is 5.73 Å². The van der Waals surface area contributed by atoms with Crippen LogP contribution in [0.25, 0.3) is 0 Å². The number of hydrogen-bond donors (Lipinski definition) is 3. The molecule has 0 rings (SSSR count). The number of primary amides is 1. The van der Waals surface area contributed by atoms with Crippen molar-refractivity contribution >= 4 is 17.8 Å². The van der Waals surface area contributed by atoms with Gasteiger partial charge in [-0.1, -0.05) is 0 Å². The van der Waals surface area contributed by atoms with Crippen molar-refractivity contribution in [3.63, 3.8) is 0 Å². The predicted octanol–water partition coefficient (Wildman–Crippen LogP) is -1.55. The smallest absolute Gasteiger partial charge is 0.394 e. The number of carboxylic acids is 1. The highest BCUT2D eigenvalue weighted by molar-refractivity contribution is 6.31. The van der Waals surface area contributed by atoms with E-state index in [9.17, 15) is 14.4 Å². The first-order valence-electron chi connectivity index (χ1n) is 3.25. The molecule has 4 N–H and O–H groups in total. The van der Waals surface area contributed by atoms with Crippen LogP contribution >= 0.6 is 0 Å². The van der Waals surface area contributed by atoms with E-state index in [4.69, 9.17) is 10.8 Å². The third-order valence-corrected chi connectivity index (χ3v) is 1.08. The molecule has 0 aromatic carbocycles. The predicted molar refractivity (Wildman–Crippen MR) is 39.1 cm³/mol. The van der Waals surface area contributed by atoms with Crippen LogP contribution in [0.1, 0.15) is 13.3 Å². The summed E-state index contributed by atoms with van der Waals surface area (Å²) in [5, 5.41) is 10.2. The first-order chi connectivity index (χ1) is 5.43. The minimum Gasteiger partial charge on any atom is -0.474 e. The van der Waals surface area contributed by atoms with Crippen LogP contribution < -0.4 is 11.1 Å². The Morgan fingerprint density at radius 2 is 2.00 bits per heavy atom. The SMILES string of the molecule is CC(CC(N)=O)NC(=O)C(=O)O. The molecule has 0 heterocycles. The third kappa shape index (κ3) is 4.26. The Kier molecular flexibility index (Phi) is 3.75. The molecule has 6 nitrogen and oxygen atoms in total. The number of aliphatic carboxylic acids is 1. The zero-order chi connectivity index (χ0) is 9.72. The maximum atomic E-state index is 10.5. The van der Waals surface area contributed by atoms with Gasteiger partial charge in [0.2, 0.25) is 5.91 Å². The van der Waals surface area contributed by atoms with E-state index in [1.54, 1.807) is 0 Å². The van der Waals surface area contributed by atoms with Crippen LogP contribution in [0.3, 0.4) is 0 Å². The molecule has 0 aliphatic heterocycles. The van der Waals surface area contributed by atoms with Gasteiger partial charge in [-0.25, -0.2) is 4.79 Å². The van der Waals surface area contributed by atoms with Crippen LogP contribution in [0.4, 0.5) is 0 Å². The molecule has 0 aromatic rings. The number of nitrogens with two attached hydrogens (primary N) is 1. The van der Waals surface area contributed by atoms with E-state index in [0.717, 1.165) is 0 Å². The Morgan fingerprint density at radius 1 is 1.50 bits per heavy atom. The van der Waals surface area contributed by atoms with Crippen LogP contribution in [-0.2, 0) is 14.4 Å². The molecule has 0 fully saturated rings. The third-order valence-electron chi connectivity index (χ3n) is 1.08. The summed E-state index contributed by atoms with van der Waals surface area (Å²) in [5.74, 6) is -3.30. The second-order valence-corrected chi connectivity index (χ2v) is 2.35. The summed E-state index contributed by atoms with van der Waals surface area (Å²) < 4.78 is 0. The van der Waals surface area contributed by atoms with Gasteiger partial charge in [-0.15, -0.1) is 0 Å². The standard InChI is InChI=1S/C6H10N2O4/c1-3(2-4(7)9)8-5(10)6(11)12/h3H,2H2,1H3,(H2,7,9)(H,8,10)(H,11,12). The Bertz CT molecular complexity index is 214. The molecule has 12 heavy (non-hydrogen) atoms. The normalized spacial score (nSPS) is 11.8. The number of rotatable bonds is 3. The second-order valence-electron chi connectivity index (χ2n) is 2.35. The summed E-state index contributed by atoms with van der Waals surface area (Å²) >= 11 is 0. The molecular formula is C6H10N2O4. The molecule has 1 atom stereocenters. The molecule has 0 saturated heterocycles. The van der Waals surface area contributed by atoms with Gasteiger partial charge in [0.15, 0.2) is 0 Å². The van der Waals surface area contributed by atoms with Gasteiger partial charge >= 0.3 is 11.9 Å². The van der Waals surface area contributed by atoms with E-state index in [1.807, 2.05) is 0 Å². The molecular weight excluding hydrogens is 164 g/mol. The topological polar surface area (TPSA) is 109 Å². The van der Waals surface area contributed by atoms with Crippen molar-refractivity contribution in [1.82, 2.24) is 5.32 Å². The zero-order valence-electron chi connectivity index (χ0n) is 6.53. The van der Waals surface area contributed by atoms with Crippen molar-refractivity contribution in [3.8, 4) is 0 Å². The Hall–Kier alpha value is -1.59. The second kappa shape index (κ2) is 4.32. The monoisotopic (exact) mass is 174 g/mol. The van der Waals surface area contributed by atoms with Gasteiger partial charge in [-0.05, 0) is 6.92 Å². The van der Waals surface area contributed by atoms with Crippen LogP contribution in [0, 0.1) is 0 Å². The highest BCUT2D eigenvalue weighted by Crippen LogP contribution is 1.88. The van der Waals surface area contributed by atoms with E-state index in [0.29, 0.717) is 0 Å². The van der Waals surface area contributed by atoms with Crippen molar-refractivity contribution in [3.05, 3.63) is 0 Å². The van der Waals surface area contributed by atoms with E-state index >= 15 is 0 Å². The van der Waals surface area contributed by atoms with Crippen molar-refractivity contribution in [2.45, 2.75) is 19.4 Å². The van der Waals surface area contributed by atoms with Crippen LogP contribution in [0.5, 0.6) is 0 Å². The van der Waals surface area contributed by atoms with Crippen molar-refractivity contribution < 1.29 is 19.5 Å². The molecule has 0 radical (unpaired) electrons. The number of carboxylic acid groups (broad SMARTS) is 1. The lowest BCUT2D eigenvalue weighted by atomic mass is 10.2. The van der Waals surface area contributed by atoms with Crippen molar-refractivity contribution in [2.75, 3.05) is 0 Å². The Labute approximate surface area is 68.7 Å². The van der Waals surface area contributed by atoms with E-state index in [-0.39, 0.29) is 6.42 Å². The van der Waals surface area contributed by atoms with Crippen molar-refractivity contribution in [1.29, 1.82) is 0 Å². The summed E-state index contributed by atoms with van der Waals surface area (Å²) in [6.45, 7) is 1.49. The molecule has 0 spiro atoms. The van der Waals surface area contributed by atoms with Gasteiger partial charge in [-0.3, -0.25) is 9.59 Å². The number of amides is 2. The molecule has 68 valence electrons. The Balaban J connectivity index is 3.84. The molecule has 1 unspecified atom stereocenters. The fraction of sp³-hybridized carbons (Fsp3) is 0.500. The summed E-state index contributed by atoms with van der Waals surface area (Å²) in [5.41, 5.74) is 4.81. The first kappa shape index (κ1) is 10.4. The minimum atomic E-state index is -1.58. The molecule has 0 aliphatic carbocycles. The summed E-state index contributed by atoms with van der Waals surface area (Å²) in [7, 11) is 0. The fourth-order valence-electron chi connectivity index (χ4n) is 0.638. The molecule has 6 heteroatoms. The van der Waals surface area contributed by atoms with Gasteiger partial charge in [0.1, 0.15) is 0 Å². The quantitative estimate of drug-likeness (QED) is 0.450. The van der Waals surface area contributed by atoms with Crippen LogP contribution in [0.15, 0.2) is 0 Å². The lowest BCUT2D eigenvalue weighted by Crippen LogP contribution is -2.39. The van der Waals surface area contributed by atoms with Gasteiger partial charge < -0.3 is 16.2 Å². The fourth-order valence-corrected chi connectivity index (χ4v) is 0.638. The lowest BCUT2D eigenvalue weighted by Gasteiger charge is -2.08. The van der Waals surface area contributed by atoms with E-state index in [2.05, 4.69) is 5.32 Å². The van der Waals surface area contributed by atoms with E-state index < -0.39 is 23.8 Å². The Morgan fingerprint density at radius 3 is 2.33 bits per heavy atom. The molecule has 2 amide bonds. The molecule has 0 aromatic heterocycles. The number of carbonyl (C=O) groups excluding carboxylic acids is 2. The van der Waals surface area contributed by atoms with Gasteiger partial charge in [-0.2, -0.15) is 0 Å². The van der Waals surface area contributed by atoms with Gasteiger partial charge in [0, 0.05) is 12.5 Å². The van der Waals surface area contributed by atoms with Crippen LogP contribution in [0.2, 0.25) is 0 Å². The maximum Gasteiger partial charge on any atom is 0.394 e. The average molecular weight is 174 g/mol. The van der Waals surface area contributed by atoms with Crippen LogP contribution in [-0.4, -0.2) is 28.9 Å². The maximum absolute atomic E-state index is 10.5. The molecule has 0 aliphatic rings. The number of carbonyl (C=O) groups is 3. The molecule has 0 saturated carbocycles. The average Bonchev–Trinajstić information content (AvgIpc) is 1.84. The largest absolute Gasteiger partial charge is 0.474 e. The summed E-state index contributed by atoms with van der Waals surface area (Å²) in [6.07, 6.45) is -0.0704. The van der Waals surface area contributed by atoms with Gasteiger partial charge in [0.25, 0.3) is 0 Å². The van der Waals surface area contributed by atoms with Gasteiger partial charge in [0.05, 0.1) is 0 Å². The lowest BCUT2D eigenvalue weighted by molar-refractivity contribution is -0.150. The highest BCUT2D eigenvalue weighted by Gasteiger charge is 2.14. The molecule has 0 bridgehead atoms. The van der Waals surface area contributed by atoms with E-state index in [1.165, 1.54) is 6.92 Å².